The van der Waals surface area contributed by atoms with Crippen LogP contribution in [0.5, 0.6) is 17.2 Å². The zero-order chi connectivity index (χ0) is 25.2. The Labute approximate surface area is 216 Å². The molecule has 182 valence electrons. The van der Waals surface area contributed by atoms with Crippen molar-refractivity contribution in [1.29, 1.82) is 0 Å². The van der Waals surface area contributed by atoms with Crippen molar-refractivity contribution in [3.8, 4) is 38.9 Å². The van der Waals surface area contributed by atoms with E-state index in [1.807, 2.05) is 41.8 Å². The van der Waals surface area contributed by atoms with Gasteiger partial charge in [0.25, 0.3) is 5.91 Å². The molecule has 0 saturated carbocycles. The lowest BCUT2D eigenvalue weighted by Gasteiger charge is -2.12. The summed E-state index contributed by atoms with van der Waals surface area (Å²) in [5, 5.41) is 5.66. The van der Waals surface area contributed by atoms with E-state index in [4.69, 9.17) is 24.9 Å². The highest BCUT2D eigenvalue weighted by Crippen LogP contribution is 2.43. The van der Waals surface area contributed by atoms with Crippen LogP contribution in [-0.2, 0) is 0 Å². The number of rotatable bonds is 7. The molecule has 5 aromatic rings. The van der Waals surface area contributed by atoms with Crippen molar-refractivity contribution in [3.63, 3.8) is 0 Å². The van der Waals surface area contributed by atoms with E-state index in [1.165, 1.54) is 11.3 Å². The number of amides is 1. The molecule has 3 heterocycles. The minimum atomic E-state index is -0.295. The summed E-state index contributed by atoms with van der Waals surface area (Å²) < 4.78 is 16.1. The number of pyridine rings is 1. The average Bonchev–Trinajstić information content (AvgIpc) is 3.57. The third kappa shape index (κ3) is 4.34. The van der Waals surface area contributed by atoms with Gasteiger partial charge in [0.2, 0.25) is 0 Å². The molecule has 5 rings (SSSR count). The summed E-state index contributed by atoms with van der Waals surface area (Å²) in [5.74, 6) is 1.64. The second-order valence-corrected chi connectivity index (χ2v) is 9.76. The van der Waals surface area contributed by atoms with Crippen LogP contribution in [0.15, 0.2) is 66.0 Å². The predicted molar refractivity (Wildman–Crippen MR) is 147 cm³/mol. The van der Waals surface area contributed by atoms with Crippen LogP contribution in [0.25, 0.3) is 31.9 Å². The van der Waals surface area contributed by atoms with Crippen LogP contribution in [0.4, 0.5) is 11.4 Å². The third-order valence-electron chi connectivity index (χ3n) is 5.72. The fourth-order valence-corrected chi connectivity index (χ4v) is 5.64. The molecule has 0 saturated heterocycles. The number of hydrogen-bond acceptors (Lipinski definition) is 8. The van der Waals surface area contributed by atoms with E-state index < -0.39 is 0 Å². The molecule has 0 aliphatic carbocycles. The van der Waals surface area contributed by atoms with E-state index in [9.17, 15) is 4.79 Å². The summed E-state index contributed by atoms with van der Waals surface area (Å²) in [6, 6.07) is 18.8. The van der Waals surface area contributed by atoms with Crippen LogP contribution in [0.1, 0.15) is 9.67 Å². The number of methoxy groups -OCH3 is 3. The quantitative estimate of drug-likeness (QED) is 0.254. The van der Waals surface area contributed by atoms with Gasteiger partial charge in [-0.05, 0) is 65.0 Å². The Balaban J connectivity index is 1.64. The highest BCUT2D eigenvalue weighted by atomic mass is 32.1. The molecule has 2 aromatic carbocycles. The van der Waals surface area contributed by atoms with Gasteiger partial charge in [-0.1, -0.05) is 12.1 Å². The number of ether oxygens (including phenoxy) is 3. The monoisotopic (exact) mass is 517 g/mol. The molecule has 3 N–H and O–H groups in total. The Morgan fingerprint density at radius 1 is 0.944 bits per heavy atom. The van der Waals surface area contributed by atoms with Crippen LogP contribution in [0, 0.1) is 0 Å². The molecule has 0 spiro atoms. The van der Waals surface area contributed by atoms with Crippen molar-refractivity contribution >= 4 is 50.2 Å². The van der Waals surface area contributed by atoms with Gasteiger partial charge in [0, 0.05) is 11.1 Å². The molecule has 0 bridgehead atoms. The van der Waals surface area contributed by atoms with Gasteiger partial charge >= 0.3 is 0 Å². The number of nitrogen functional groups attached to an aromatic ring is 1. The number of benzene rings is 2. The van der Waals surface area contributed by atoms with E-state index in [2.05, 4.69) is 5.32 Å². The van der Waals surface area contributed by atoms with Crippen molar-refractivity contribution in [2.75, 3.05) is 32.4 Å². The second-order valence-electron chi connectivity index (χ2n) is 7.81. The Bertz CT molecular complexity index is 1540. The lowest BCUT2D eigenvalue weighted by atomic mass is 10.0. The number of nitrogens with two attached hydrogens (primary N) is 1. The number of nitrogens with one attached hydrogen (secondary N) is 1. The summed E-state index contributed by atoms with van der Waals surface area (Å²) in [6.45, 7) is 0. The number of fused-ring (bicyclic) bond motifs is 1. The summed E-state index contributed by atoms with van der Waals surface area (Å²) in [4.78, 5) is 20.2. The Hall–Kier alpha value is -4.08. The lowest BCUT2D eigenvalue weighted by Crippen LogP contribution is -2.11. The van der Waals surface area contributed by atoms with Crippen LogP contribution >= 0.6 is 22.7 Å². The SMILES string of the molecule is COc1ccc(NC(=O)c2sc3nc(-c4cccs4)cc(-c4ccc(OC)c(OC)c4)c3c2N)cc1. The maximum Gasteiger partial charge on any atom is 0.267 e. The Morgan fingerprint density at radius 2 is 1.72 bits per heavy atom. The Morgan fingerprint density at radius 3 is 2.39 bits per heavy atom. The fourth-order valence-electron chi connectivity index (χ4n) is 3.93. The second kappa shape index (κ2) is 9.88. The van der Waals surface area contributed by atoms with E-state index in [-0.39, 0.29) is 5.91 Å². The van der Waals surface area contributed by atoms with Crippen molar-refractivity contribution in [1.82, 2.24) is 4.98 Å². The Kier molecular flexibility index (Phi) is 6.49. The molecule has 0 aliphatic rings. The summed E-state index contributed by atoms with van der Waals surface area (Å²) in [6.07, 6.45) is 0. The molecule has 0 fully saturated rings. The first-order valence-electron chi connectivity index (χ1n) is 11.0. The molecule has 3 aromatic heterocycles. The maximum absolute atomic E-state index is 13.2. The predicted octanol–water partition coefficient (Wildman–Crippen LogP) is 6.55. The van der Waals surface area contributed by atoms with Gasteiger partial charge in [-0.25, -0.2) is 4.98 Å². The molecule has 36 heavy (non-hydrogen) atoms. The van der Waals surface area contributed by atoms with Crippen LogP contribution in [0.2, 0.25) is 0 Å². The summed E-state index contributed by atoms with van der Waals surface area (Å²) in [7, 11) is 4.79. The van der Waals surface area contributed by atoms with Gasteiger partial charge in [0.1, 0.15) is 15.5 Å². The highest BCUT2D eigenvalue weighted by Gasteiger charge is 2.22. The molecule has 0 unspecified atom stereocenters. The molecule has 0 atom stereocenters. The first-order chi connectivity index (χ1) is 17.5. The van der Waals surface area contributed by atoms with E-state index in [0.29, 0.717) is 38.3 Å². The first-order valence-corrected chi connectivity index (χ1v) is 12.7. The smallest absolute Gasteiger partial charge is 0.267 e. The first kappa shape index (κ1) is 23.7. The standard InChI is InChI=1S/C27H23N3O4S2/c1-32-17-9-7-16(8-10-17)29-26(31)25-24(28)23-18(15-6-11-20(33-2)21(13-15)34-3)14-19(30-27(23)36-25)22-5-4-12-35-22/h4-14H,28H2,1-3H3,(H,29,31). The molecular formula is C27H23N3O4S2. The largest absolute Gasteiger partial charge is 0.497 e. The van der Waals surface area contributed by atoms with Crippen molar-refractivity contribution in [3.05, 3.63) is 70.9 Å². The summed E-state index contributed by atoms with van der Waals surface area (Å²) >= 11 is 2.87. The number of hydrogen-bond donors (Lipinski definition) is 2. The number of carbonyl (C=O) groups is 1. The van der Waals surface area contributed by atoms with Crippen LogP contribution < -0.4 is 25.3 Å². The zero-order valence-electron chi connectivity index (χ0n) is 19.8. The molecule has 0 aliphatic heterocycles. The van der Waals surface area contributed by atoms with Gasteiger partial charge in [-0.2, -0.15) is 0 Å². The van der Waals surface area contributed by atoms with Crippen molar-refractivity contribution in [2.24, 2.45) is 0 Å². The number of thiophene rings is 2. The molecule has 7 nitrogen and oxygen atoms in total. The normalized spacial score (nSPS) is 10.9. The fraction of sp³-hybridized carbons (Fsp3) is 0.111. The van der Waals surface area contributed by atoms with Gasteiger partial charge in [-0.3, -0.25) is 4.79 Å². The maximum atomic E-state index is 13.2. The number of carbonyl (C=O) groups excluding carboxylic acids is 1. The number of nitrogens with zero attached hydrogens (tertiary/aromatic N) is 1. The van der Waals surface area contributed by atoms with Crippen LogP contribution in [-0.4, -0.2) is 32.2 Å². The topological polar surface area (TPSA) is 95.7 Å². The minimum absolute atomic E-state index is 0.295. The van der Waals surface area contributed by atoms with Gasteiger partial charge < -0.3 is 25.3 Å². The van der Waals surface area contributed by atoms with Crippen molar-refractivity contribution in [2.45, 2.75) is 0 Å². The van der Waals surface area contributed by atoms with E-state index in [0.717, 1.165) is 27.1 Å². The lowest BCUT2D eigenvalue weighted by molar-refractivity contribution is 0.103. The van der Waals surface area contributed by atoms with E-state index in [1.54, 1.807) is 56.9 Å². The molecule has 1 amide bonds. The number of anilines is 2. The molecule has 9 heteroatoms. The average molecular weight is 518 g/mol. The summed E-state index contributed by atoms with van der Waals surface area (Å²) in [5.41, 5.74) is 10.2. The number of aromatic nitrogens is 1. The van der Waals surface area contributed by atoms with Gasteiger partial charge in [-0.15, -0.1) is 22.7 Å². The van der Waals surface area contributed by atoms with Crippen molar-refractivity contribution < 1.29 is 19.0 Å². The third-order valence-corrected chi connectivity index (χ3v) is 7.71. The zero-order valence-corrected chi connectivity index (χ0v) is 21.5. The highest BCUT2D eigenvalue weighted by molar-refractivity contribution is 7.21. The van der Waals surface area contributed by atoms with Crippen LogP contribution in [0.3, 0.4) is 0 Å². The van der Waals surface area contributed by atoms with Gasteiger partial charge in [0.05, 0.1) is 37.6 Å². The van der Waals surface area contributed by atoms with E-state index >= 15 is 0 Å². The molecule has 0 radical (unpaired) electrons. The van der Waals surface area contributed by atoms with Gasteiger partial charge in [0.15, 0.2) is 11.5 Å². The molecular weight excluding hydrogens is 494 g/mol. The minimum Gasteiger partial charge on any atom is -0.497 e.